The third-order valence-corrected chi connectivity index (χ3v) is 9.46. The molecule has 0 bridgehead atoms. The van der Waals surface area contributed by atoms with Crippen LogP contribution in [0.2, 0.25) is 0 Å². The zero-order chi connectivity index (χ0) is 29.6. The molecule has 3 aromatic carbocycles. The Morgan fingerprint density at radius 3 is 2.43 bits per heavy atom. The van der Waals surface area contributed by atoms with Crippen molar-refractivity contribution in [2.45, 2.75) is 30.6 Å². The van der Waals surface area contributed by atoms with Crippen LogP contribution in [0.15, 0.2) is 77.0 Å². The van der Waals surface area contributed by atoms with Crippen LogP contribution in [0.4, 0.5) is 8.78 Å². The Balaban J connectivity index is 1.52. The first-order chi connectivity index (χ1) is 20.1. The molecule has 0 atom stereocenters. The molecular weight excluding hydrogens is 578 g/mol. The Morgan fingerprint density at radius 1 is 1.07 bits per heavy atom. The van der Waals surface area contributed by atoms with Crippen LogP contribution in [-0.4, -0.2) is 36.3 Å². The van der Waals surface area contributed by atoms with Crippen LogP contribution >= 0.6 is 11.3 Å². The minimum Gasteiger partial charge on any atom is -0.476 e. The Labute approximate surface area is 246 Å². The zero-order valence-corrected chi connectivity index (χ0v) is 24.3. The number of nitrogens with zero attached hydrogens (tertiary/aromatic N) is 3. The largest absolute Gasteiger partial charge is 0.476 e. The van der Waals surface area contributed by atoms with Crippen molar-refractivity contribution < 1.29 is 22.9 Å². The van der Waals surface area contributed by atoms with Crippen molar-refractivity contribution in [3.8, 4) is 27.5 Å². The number of carboxylic acids is 1. The maximum atomic E-state index is 15.0. The SMILES string of the molecule is C[SH](N)(=O)c1ccc(Cc2c(-c3cccc(-c4cccc(F)c4)c3)nn(-c3nc(C(=O)O)cs3)c2CC2CC2)cc1F. The molecule has 0 aliphatic heterocycles. The van der Waals surface area contributed by atoms with Crippen molar-refractivity contribution in [3.05, 3.63) is 106 Å². The average molecular weight is 607 g/mol. The second-order valence-corrected chi connectivity index (χ2v) is 14.0. The minimum atomic E-state index is -3.29. The predicted octanol–water partition coefficient (Wildman–Crippen LogP) is 6.06. The quantitative estimate of drug-likeness (QED) is 0.177. The molecule has 0 unspecified atom stereocenters. The molecular formula is C31H28F2N4O3S2. The van der Waals surface area contributed by atoms with Crippen LogP contribution in [0.3, 0.4) is 0 Å². The average Bonchev–Trinajstić information content (AvgIpc) is 3.50. The number of carbonyl (C=O) groups is 1. The number of benzene rings is 3. The molecule has 0 saturated heterocycles. The summed E-state index contributed by atoms with van der Waals surface area (Å²) in [7, 11) is -3.29. The molecule has 3 N–H and O–H groups in total. The van der Waals surface area contributed by atoms with Gasteiger partial charge in [-0.3, -0.25) is 9.35 Å². The summed E-state index contributed by atoms with van der Waals surface area (Å²) in [6, 6.07) is 18.5. The van der Waals surface area contributed by atoms with E-state index in [1.165, 1.54) is 47.2 Å². The zero-order valence-electron chi connectivity index (χ0n) is 22.6. The van der Waals surface area contributed by atoms with E-state index in [1.807, 2.05) is 30.3 Å². The number of halogens is 2. The molecule has 0 amide bonds. The van der Waals surface area contributed by atoms with Crippen molar-refractivity contribution >= 4 is 27.4 Å². The molecule has 0 spiro atoms. The number of rotatable bonds is 9. The summed E-state index contributed by atoms with van der Waals surface area (Å²) in [4.78, 5) is 15.9. The second-order valence-electron chi connectivity index (χ2n) is 10.7. The lowest BCUT2D eigenvalue weighted by atomic mass is 9.95. The van der Waals surface area contributed by atoms with E-state index in [2.05, 4.69) is 4.98 Å². The lowest BCUT2D eigenvalue weighted by Gasteiger charge is -2.15. The molecule has 6 rings (SSSR count). The molecule has 2 heterocycles. The molecule has 1 aliphatic carbocycles. The molecule has 11 heteroatoms. The number of aromatic carboxylic acids is 1. The highest BCUT2D eigenvalue weighted by molar-refractivity contribution is 8.00. The monoisotopic (exact) mass is 606 g/mol. The molecule has 7 nitrogen and oxygen atoms in total. The normalized spacial score (nSPS) is 13.8. The van der Waals surface area contributed by atoms with Crippen molar-refractivity contribution in [2.24, 2.45) is 11.1 Å². The summed E-state index contributed by atoms with van der Waals surface area (Å²) in [5, 5.41) is 22.1. The number of hydrogen-bond donors (Lipinski definition) is 3. The smallest absolute Gasteiger partial charge is 0.355 e. The fraction of sp³-hybridized carbons (Fsp3) is 0.194. The summed E-state index contributed by atoms with van der Waals surface area (Å²) in [5.74, 6) is -1.64. The Hall–Kier alpha value is -4.06. The van der Waals surface area contributed by atoms with Gasteiger partial charge in [0.15, 0.2) is 5.69 Å². The van der Waals surface area contributed by atoms with Gasteiger partial charge in [0.25, 0.3) is 0 Å². The summed E-state index contributed by atoms with van der Waals surface area (Å²) < 4.78 is 43.1. The van der Waals surface area contributed by atoms with E-state index < -0.39 is 21.9 Å². The highest BCUT2D eigenvalue weighted by Crippen LogP contribution is 2.39. The van der Waals surface area contributed by atoms with Crippen molar-refractivity contribution in [3.63, 3.8) is 0 Å². The maximum Gasteiger partial charge on any atom is 0.355 e. The molecule has 216 valence electrons. The van der Waals surface area contributed by atoms with Gasteiger partial charge < -0.3 is 5.11 Å². The lowest BCUT2D eigenvalue weighted by Crippen LogP contribution is -2.22. The van der Waals surface area contributed by atoms with Crippen LogP contribution in [0, 0.1) is 17.6 Å². The van der Waals surface area contributed by atoms with Gasteiger partial charge in [0, 0.05) is 29.2 Å². The van der Waals surface area contributed by atoms with Crippen LogP contribution < -0.4 is 5.14 Å². The van der Waals surface area contributed by atoms with Crippen LogP contribution in [0.5, 0.6) is 0 Å². The standard InChI is InChI=1S/C31H28F2N4O3S2/c1-42(34,40)28-11-10-19(13-25(28)33)12-24-27(14-18-8-9-18)37(31-35-26(17-41-31)30(38)39)36-29(24)22-6-2-4-20(15-22)21-5-3-7-23(32)16-21/h2-7,10-11,13,15-18,42H,8-9,12,14H2,1H3,(H2,34,40)(H,38,39). The number of carboxylic acid groups (broad SMARTS) is 1. The molecule has 2 aromatic heterocycles. The topological polar surface area (TPSA) is 111 Å². The fourth-order valence-electron chi connectivity index (χ4n) is 5.06. The Morgan fingerprint density at radius 2 is 1.79 bits per heavy atom. The number of aromatic nitrogens is 3. The number of thiol groups is 1. The van der Waals surface area contributed by atoms with E-state index in [0.29, 0.717) is 40.7 Å². The first kappa shape index (κ1) is 28.1. The third-order valence-electron chi connectivity index (χ3n) is 7.33. The Bertz CT molecular complexity index is 1870. The van der Waals surface area contributed by atoms with Gasteiger partial charge in [0.1, 0.15) is 11.6 Å². The van der Waals surface area contributed by atoms with E-state index >= 15 is 4.39 Å². The van der Waals surface area contributed by atoms with Gasteiger partial charge in [-0.15, -0.1) is 11.3 Å². The van der Waals surface area contributed by atoms with E-state index in [9.17, 15) is 18.5 Å². The van der Waals surface area contributed by atoms with Gasteiger partial charge in [-0.05, 0) is 82.3 Å². The van der Waals surface area contributed by atoms with E-state index in [0.717, 1.165) is 35.2 Å². The third kappa shape index (κ3) is 5.80. The van der Waals surface area contributed by atoms with Crippen molar-refractivity contribution in [2.75, 3.05) is 6.26 Å². The van der Waals surface area contributed by atoms with Crippen LogP contribution in [0.1, 0.15) is 40.2 Å². The summed E-state index contributed by atoms with van der Waals surface area (Å²) in [6.45, 7) is 0. The van der Waals surface area contributed by atoms with E-state index in [-0.39, 0.29) is 16.4 Å². The van der Waals surface area contributed by atoms with Gasteiger partial charge in [0.2, 0.25) is 5.13 Å². The number of thiazole rings is 1. The van der Waals surface area contributed by atoms with E-state index in [1.54, 1.807) is 16.8 Å². The second kappa shape index (κ2) is 11.0. The molecule has 0 radical (unpaired) electrons. The van der Waals surface area contributed by atoms with Crippen molar-refractivity contribution in [1.82, 2.24) is 14.8 Å². The van der Waals surface area contributed by atoms with E-state index in [4.69, 9.17) is 10.2 Å². The fourth-order valence-corrected chi connectivity index (χ4v) is 6.70. The van der Waals surface area contributed by atoms with Gasteiger partial charge >= 0.3 is 5.97 Å². The highest BCUT2D eigenvalue weighted by atomic mass is 32.3. The molecule has 1 fully saturated rings. The van der Waals surface area contributed by atoms with Crippen LogP contribution in [-0.2, 0) is 23.0 Å². The van der Waals surface area contributed by atoms with Gasteiger partial charge in [0.05, 0.1) is 16.3 Å². The Kier molecular flexibility index (Phi) is 7.34. The maximum absolute atomic E-state index is 15.0. The molecule has 5 aromatic rings. The van der Waals surface area contributed by atoms with Crippen molar-refractivity contribution in [1.29, 1.82) is 0 Å². The first-order valence-corrected chi connectivity index (χ1v) is 16.5. The number of nitrogens with two attached hydrogens (primary N) is 1. The summed E-state index contributed by atoms with van der Waals surface area (Å²) in [5.41, 5.74) is 5.23. The van der Waals surface area contributed by atoms with Crippen LogP contribution in [0.25, 0.3) is 27.5 Å². The summed E-state index contributed by atoms with van der Waals surface area (Å²) >= 11 is 1.19. The van der Waals surface area contributed by atoms with Gasteiger partial charge in [-0.2, -0.15) is 5.10 Å². The molecule has 42 heavy (non-hydrogen) atoms. The first-order valence-electron chi connectivity index (χ1n) is 13.4. The lowest BCUT2D eigenvalue weighted by molar-refractivity contribution is 0.0691. The van der Waals surface area contributed by atoms with Gasteiger partial charge in [-0.1, -0.05) is 36.4 Å². The van der Waals surface area contributed by atoms with Gasteiger partial charge in [-0.25, -0.2) is 23.2 Å². The predicted molar refractivity (Wildman–Crippen MR) is 161 cm³/mol. The highest BCUT2D eigenvalue weighted by Gasteiger charge is 2.29. The molecule has 1 saturated carbocycles. The molecule has 1 aliphatic rings. The minimum absolute atomic E-state index is 0.00727. The number of hydrogen-bond acceptors (Lipinski definition) is 5. The summed E-state index contributed by atoms with van der Waals surface area (Å²) in [6.07, 6.45) is 4.47.